The Hall–Kier alpha value is -2.46. The maximum Gasteiger partial charge on any atom is 0.0936 e. The fourth-order valence-electron chi connectivity index (χ4n) is 3.83. The molecule has 4 heteroatoms. The molecule has 1 aliphatic heterocycles. The van der Waals surface area contributed by atoms with Crippen LogP contribution in [0.4, 0.5) is 0 Å². The summed E-state index contributed by atoms with van der Waals surface area (Å²) in [6.45, 7) is 3.19. The van der Waals surface area contributed by atoms with E-state index in [-0.39, 0.29) is 0 Å². The van der Waals surface area contributed by atoms with Crippen molar-refractivity contribution in [3.8, 4) is 11.3 Å². The Kier molecular flexibility index (Phi) is 5.41. The number of pyridine rings is 1. The SMILES string of the molecule is c1ccc(CCC2CCN(Cn3nccc3-c3ccncc3)CC2)cc1. The molecular weight excluding hydrogens is 320 g/mol. The van der Waals surface area contributed by atoms with E-state index in [4.69, 9.17) is 0 Å². The number of rotatable bonds is 6. The summed E-state index contributed by atoms with van der Waals surface area (Å²) in [5, 5.41) is 4.54. The normalized spacial score (nSPS) is 16.0. The first-order chi connectivity index (χ1) is 12.9. The van der Waals surface area contributed by atoms with Crippen LogP contribution < -0.4 is 0 Å². The first-order valence-electron chi connectivity index (χ1n) is 9.57. The van der Waals surface area contributed by atoms with Gasteiger partial charge in [-0.25, -0.2) is 0 Å². The Morgan fingerprint density at radius 1 is 0.885 bits per heavy atom. The van der Waals surface area contributed by atoms with Crippen molar-refractivity contribution in [2.45, 2.75) is 32.4 Å². The topological polar surface area (TPSA) is 34.0 Å². The molecule has 4 rings (SSSR count). The Morgan fingerprint density at radius 2 is 1.65 bits per heavy atom. The summed E-state index contributed by atoms with van der Waals surface area (Å²) >= 11 is 0. The molecule has 0 aliphatic carbocycles. The highest BCUT2D eigenvalue weighted by Gasteiger charge is 2.20. The second-order valence-corrected chi connectivity index (χ2v) is 7.18. The summed E-state index contributed by atoms with van der Waals surface area (Å²) in [4.78, 5) is 6.63. The van der Waals surface area contributed by atoms with Crippen molar-refractivity contribution in [2.75, 3.05) is 13.1 Å². The standard InChI is InChI=1S/C22H26N4/c1-2-4-19(5-3-1)6-7-20-11-16-25(17-12-20)18-26-22(10-15-24-26)21-8-13-23-14-9-21/h1-5,8-10,13-15,20H,6-7,11-12,16-18H2. The molecule has 0 N–H and O–H groups in total. The molecule has 0 spiro atoms. The van der Waals surface area contributed by atoms with Gasteiger partial charge in [0.1, 0.15) is 0 Å². The van der Waals surface area contributed by atoms with E-state index >= 15 is 0 Å². The lowest BCUT2D eigenvalue weighted by Gasteiger charge is -2.32. The lowest BCUT2D eigenvalue weighted by Crippen LogP contribution is -2.35. The zero-order valence-corrected chi connectivity index (χ0v) is 15.2. The van der Waals surface area contributed by atoms with Gasteiger partial charge in [0, 0.05) is 37.2 Å². The predicted octanol–water partition coefficient (Wildman–Crippen LogP) is 4.25. The van der Waals surface area contributed by atoms with E-state index in [0.29, 0.717) is 0 Å². The van der Waals surface area contributed by atoms with Gasteiger partial charge in [-0.05, 0) is 55.4 Å². The number of likely N-dealkylation sites (tertiary alicyclic amines) is 1. The van der Waals surface area contributed by atoms with Crippen LogP contribution in [-0.4, -0.2) is 32.8 Å². The van der Waals surface area contributed by atoms with E-state index in [1.807, 2.05) is 30.7 Å². The van der Waals surface area contributed by atoms with Gasteiger partial charge in [-0.1, -0.05) is 30.3 Å². The van der Waals surface area contributed by atoms with Gasteiger partial charge < -0.3 is 0 Å². The van der Waals surface area contributed by atoms with Gasteiger partial charge >= 0.3 is 0 Å². The molecule has 0 atom stereocenters. The van der Waals surface area contributed by atoms with Crippen LogP contribution in [0.25, 0.3) is 11.3 Å². The first-order valence-corrected chi connectivity index (χ1v) is 9.57. The van der Waals surface area contributed by atoms with Crippen LogP contribution in [0, 0.1) is 5.92 Å². The number of benzene rings is 1. The molecule has 0 radical (unpaired) electrons. The second kappa shape index (κ2) is 8.28. The quantitative estimate of drug-likeness (QED) is 0.669. The van der Waals surface area contributed by atoms with E-state index in [9.17, 15) is 0 Å². The third kappa shape index (κ3) is 4.20. The Balaban J connectivity index is 1.29. The number of hydrogen-bond donors (Lipinski definition) is 0. The van der Waals surface area contributed by atoms with Crippen LogP contribution in [0.15, 0.2) is 67.1 Å². The zero-order valence-electron chi connectivity index (χ0n) is 15.2. The third-order valence-corrected chi connectivity index (χ3v) is 5.42. The predicted molar refractivity (Wildman–Crippen MR) is 105 cm³/mol. The molecule has 0 saturated carbocycles. The third-order valence-electron chi connectivity index (χ3n) is 5.42. The van der Waals surface area contributed by atoms with Crippen molar-refractivity contribution in [3.05, 3.63) is 72.7 Å². The Bertz CT molecular complexity index is 789. The van der Waals surface area contributed by atoms with Gasteiger partial charge in [0.05, 0.1) is 12.4 Å². The van der Waals surface area contributed by atoms with Crippen molar-refractivity contribution in [2.24, 2.45) is 5.92 Å². The number of piperidine rings is 1. The largest absolute Gasteiger partial charge is 0.284 e. The molecule has 1 aliphatic rings. The molecule has 4 nitrogen and oxygen atoms in total. The molecule has 0 bridgehead atoms. The van der Waals surface area contributed by atoms with E-state index in [1.165, 1.54) is 42.5 Å². The molecular formula is C22H26N4. The van der Waals surface area contributed by atoms with E-state index in [0.717, 1.165) is 25.7 Å². The maximum absolute atomic E-state index is 4.54. The summed E-state index contributed by atoms with van der Waals surface area (Å²) in [6, 6.07) is 17.0. The minimum atomic E-state index is 0.851. The van der Waals surface area contributed by atoms with Gasteiger partial charge in [0.2, 0.25) is 0 Å². The number of hydrogen-bond acceptors (Lipinski definition) is 3. The van der Waals surface area contributed by atoms with Crippen LogP contribution in [0.2, 0.25) is 0 Å². The minimum absolute atomic E-state index is 0.851. The van der Waals surface area contributed by atoms with E-state index in [2.05, 4.69) is 56.1 Å². The van der Waals surface area contributed by atoms with Crippen LogP contribution in [0.3, 0.4) is 0 Å². The molecule has 1 fully saturated rings. The molecule has 3 heterocycles. The first kappa shape index (κ1) is 17.0. The molecule has 1 saturated heterocycles. The van der Waals surface area contributed by atoms with E-state index < -0.39 is 0 Å². The van der Waals surface area contributed by atoms with E-state index in [1.54, 1.807) is 0 Å². The fraction of sp³-hybridized carbons (Fsp3) is 0.364. The van der Waals surface area contributed by atoms with Crippen molar-refractivity contribution < 1.29 is 0 Å². The number of aryl methyl sites for hydroxylation is 1. The minimum Gasteiger partial charge on any atom is -0.284 e. The highest BCUT2D eigenvalue weighted by atomic mass is 15.4. The molecule has 1 aromatic carbocycles. The molecule has 3 aromatic rings. The van der Waals surface area contributed by atoms with Crippen molar-refractivity contribution >= 4 is 0 Å². The Morgan fingerprint density at radius 3 is 2.42 bits per heavy atom. The van der Waals surface area contributed by atoms with Gasteiger partial charge in [-0.2, -0.15) is 5.10 Å². The van der Waals surface area contributed by atoms with Crippen LogP contribution in [0.5, 0.6) is 0 Å². The van der Waals surface area contributed by atoms with Crippen LogP contribution >= 0.6 is 0 Å². The molecule has 134 valence electrons. The van der Waals surface area contributed by atoms with Gasteiger partial charge in [0.15, 0.2) is 0 Å². The highest BCUT2D eigenvalue weighted by molar-refractivity contribution is 5.58. The average molecular weight is 346 g/mol. The van der Waals surface area contributed by atoms with Crippen LogP contribution in [0.1, 0.15) is 24.8 Å². The van der Waals surface area contributed by atoms with Gasteiger partial charge in [0.25, 0.3) is 0 Å². The number of aromatic nitrogens is 3. The molecule has 2 aromatic heterocycles. The van der Waals surface area contributed by atoms with Gasteiger partial charge in [-0.15, -0.1) is 0 Å². The highest BCUT2D eigenvalue weighted by Crippen LogP contribution is 2.24. The van der Waals surface area contributed by atoms with Crippen molar-refractivity contribution in [1.29, 1.82) is 0 Å². The lowest BCUT2D eigenvalue weighted by atomic mass is 9.91. The smallest absolute Gasteiger partial charge is 0.0936 e. The monoisotopic (exact) mass is 346 g/mol. The molecule has 0 amide bonds. The summed E-state index contributed by atoms with van der Waals surface area (Å²) in [5.74, 6) is 0.851. The molecule has 0 unspecified atom stereocenters. The average Bonchev–Trinajstić information content (AvgIpc) is 3.17. The fourth-order valence-corrected chi connectivity index (χ4v) is 3.83. The zero-order chi connectivity index (χ0) is 17.6. The molecule has 26 heavy (non-hydrogen) atoms. The van der Waals surface area contributed by atoms with Crippen molar-refractivity contribution in [3.63, 3.8) is 0 Å². The Labute approximate surface area is 155 Å². The summed E-state index contributed by atoms with van der Waals surface area (Å²) in [5.41, 5.74) is 3.81. The van der Waals surface area contributed by atoms with Gasteiger partial charge in [-0.3, -0.25) is 14.6 Å². The number of nitrogens with zero attached hydrogens (tertiary/aromatic N) is 4. The van der Waals surface area contributed by atoms with Crippen LogP contribution in [-0.2, 0) is 13.1 Å². The maximum atomic E-state index is 4.54. The lowest BCUT2D eigenvalue weighted by molar-refractivity contribution is 0.138. The second-order valence-electron chi connectivity index (χ2n) is 7.18. The summed E-state index contributed by atoms with van der Waals surface area (Å²) in [7, 11) is 0. The summed E-state index contributed by atoms with van der Waals surface area (Å²) in [6.07, 6.45) is 10.7. The van der Waals surface area contributed by atoms with Crippen molar-refractivity contribution in [1.82, 2.24) is 19.7 Å². The summed E-state index contributed by atoms with van der Waals surface area (Å²) < 4.78 is 2.11.